The van der Waals surface area contributed by atoms with Gasteiger partial charge in [0.05, 0.1) is 0 Å². The Morgan fingerprint density at radius 3 is 2.26 bits per heavy atom. The van der Waals surface area contributed by atoms with Crippen molar-refractivity contribution in [1.29, 1.82) is 0 Å². The summed E-state index contributed by atoms with van der Waals surface area (Å²) in [5.41, 5.74) is 2.64. The zero-order valence-corrected chi connectivity index (χ0v) is 11.9. The Kier molecular flexibility index (Phi) is 4.43. The van der Waals surface area contributed by atoms with E-state index < -0.39 is 0 Å². The smallest absolute Gasteiger partial charge is 0.246 e. The van der Waals surface area contributed by atoms with Crippen LogP contribution in [0.3, 0.4) is 0 Å². The van der Waals surface area contributed by atoms with Crippen LogP contribution in [0.2, 0.25) is 0 Å². The average molecular weight is 261 g/mol. The fourth-order valence-electron chi connectivity index (χ4n) is 2.61. The highest BCUT2D eigenvalue weighted by Crippen LogP contribution is 2.08. The van der Waals surface area contributed by atoms with Crippen molar-refractivity contribution < 1.29 is 4.79 Å². The molecule has 1 amide bonds. The highest BCUT2D eigenvalue weighted by Gasteiger charge is 2.19. The predicted molar refractivity (Wildman–Crippen MR) is 77.1 cm³/mol. The molecule has 0 unspecified atom stereocenters. The number of piperazine rings is 1. The van der Waals surface area contributed by atoms with E-state index in [9.17, 15) is 4.79 Å². The predicted octanol–water partition coefficient (Wildman–Crippen LogP) is 1.44. The zero-order valence-electron chi connectivity index (χ0n) is 11.9. The molecule has 1 fully saturated rings. The molecular formula is C15H23N3O. The number of hydrogen-bond donors (Lipinski definition) is 0. The summed E-state index contributed by atoms with van der Waals surface area (Å²) < 4.78 is 2.35. The first-order chi connectivity index (χ1) is 9.11. The summed E-state index contributed by atoms with van der Waals surface area (Å²) in [6, 6.07) is 4.33. The first-order valence-electron chi connectivity index (χ1n) is 6.88. The monoisotopic (exact) mass is 261 g/mol. The van der Waals surface area contributed by atoms with Crippen LogP contribution in [-0.2, 0) is 11.3 Å². The van der Waals surface area contributed by atoms with Crippen molar-refractivity contribution in [3.8, 4) is 0 Å². The number of hydrogen-bond acceptors (Lipinski definition) is 2. The third-order valence-corrected chi connectivity index (χ3v) is 3.92. The van der Waals surface area contributed by atoms with Crippen molar-refractivity contribution in [2.75, 3.05) is 32.7 Å². The molecule has 104 valence electrons. The van der Waals surface area contributed by atoms with Gasteiger partial charge in [0.2, 0.25) is 5.91 Å². The molecule has 1 aliphatic rings. The zero-order chi connectivity index (χ0) is 13.8. The molecule has 2 heterocycles. The lowest BCUT2D eigenvalue weighted by Gasteiger charge is -2.34. The van der Waals surface area contributed by atoms with Crippen molar-refractivity contribution >= 4 is 5.91 Å². The van der Waals surface area contributed by atoms with Gasteiger partial charge in [-0.2, -0.15) is 0 Å². The second kappa shape index (κ2) is 6.06. The number of amides is 1. The Balaban J connectivity index is 1.80. The summed E-state index contributed by atoms with van der Waals surface area (Å²) in [6.07, 6.45) is 1.40. The first kappa shape index (κ1) is 13.9. The average Bonchev–Trinajstić information content (AvgIpc) is 2.75. The van der Waals surface area contributed by atoms with Gasteiger partial charge >= 0.3 is 0 Å². The minimum Gasteiger partial charge on any atom is -0.348 e. The molecule has 0 atom stereocenters. The van der Waals surface area contributed by atoms with Gasteiger partial charge in [-0.05, 0) is 32.1 Å². The third kappa shape index (κ3) is 3.26. The van der Waals surface area contributed by atoms with E-state index in [1.807, 2.05) is 4.90 Å². The Labute approximate surface area is 115 Å². The van der Waals surface area contributed by atoms with E-state index in [4.69, 9.17) is 0 Å². The molecule has 0 saturated carbocycles. The maximum Gasteiger partial charge on any atom is 0.246 e. The molecule has 4 heteroatoms. The lowest BCUT2D eigenvalue weighted by atomic mass is 10.3. The molecule has 0 radical (unpaired) electrons. The fourth-order valence-corrected chi connectivity index (χ4v) is 2.61. The van der Waals surface area contributed by atoms with E-state index in [0.29, 0.717) is 0 Å². The summed E-state index contributed by atoms with van der Waals surface area (Å²) in [4.78, 5) is 15.8. The van der Waals surface area contributed by atoms with Gasteiger partial charge in [0.25, 0.3) is 0 Å². The summed E-state index contributed by atoms with van der Waals surface area (Å²) in [6.45, 7) is 13.4. The summed E-state index contributed by atoms with van der Waals surface area (Å²) >= 11 is 0. The SMILES string of the molecule is C=CC(=O)N1CCN(CCn2c(C)ccc2C)CC1. The molecule has 4 nitrogen and oxygen atoms in total. The Morgan fingerprint density at radius 2 is 1.74 bits per heavy atom. The van der Waals surface area contributed by atoms with Gasteiger partial charge < -0.3 is 9.47 Å². The Morgan fingerprint density at radius 1 is 1.16 bits per heavy atom. The number of aryl methyl sites for hydroxylation is 2. The molecule has 0 bridgehead atoms. The number of carbonyl (C=O) groups is 1. The number of rotatable bonds is 4. The molecule has 0 aromatic carbocycles. The fraction of sp³-hybridized carbons (Fsp3) is 0.533. The van der Waals surface area contributed by atoms with Crippen LogP contribution in [0.5, 0.6) is 0 Å². The van der Waals surface area contributed by atoms with Gasteiger partial charge in [0.15, 0.2) is 0 Å². The summed E-state index contributed by atoms with van der Waals surface area (Å²) in [7, 11) is 0. The van der Waals surface area contributed by atoms with Crippen molar-refractivity contribution in [3.05, 3.63) is 36.2 Å². The molecule has 19 heavy (non-hydrogen) atoms. The topological polar surface area (TPSA) is 28.5 Å². The normalized spacial score (nSPS) is 16.6. The van der Waals surface area contributed by atoms with E-state index in [-0.39, 0.29) is 5.91 Å². The van der Waals surface area contributed by atoms with Crippen molar-refractivity contribution in [2.45, 2.75) is 20.4 Å². The molecule has 1 aliphatic heterocycles. The number of aromatic nitrogens is 1. The van der Waals surface area contributed by atoms with Crippen LogP contribution >= 0.6 is 0 Å². The maximum atomic E-state index is 11.5. The van der Waals surface area contributed by atoms with Crippen LogP contribution in [0.1, 0.15) is 11.4 Å². The molecular weight excluding hydrogens is 238 g/mol. The van der Waals surface area contributed by atoms with E-state index in [0.717, 1.165) is 39.3 Å². The molecule has 1 aromatic rings. The molecule has 0 aliphatic carbocycles. The van der Waals surface area contributed by atoms with Gasteiger partial charge in [-0.3, -0.25) is 9.69 Å². The minimum atomic E-state index is 0.0525. The van der Waals surface area contributed by atoms with Crippen molar-refractivity contribution in [2.24, 2.45) is 0 Å². The van der Waals surface area contributed by atoms with Crippen LogP contribution in [-0.4, -0.2) is 53.0 Å². The maximum absolute atomic E-state index is 11.5. The quantitative estimate of drug-likeness (QED) is 0.767. The summed E-state index contributed by atoms with van der Waals surface area (Å²) in [5.74, 6) is 0.0525. The van der Waals surface area contributed by atoms with E-state index in [2.05, 4.69) is 42.0 Å². The standard InChI is InChI=1S/C15H23N3O/c1-4-15(19)17-10-7-16(8-11-17)9-12-18-13(2)5-6-14(18)3/h4-6H,1,7-12H2,2-3H3. The van der Waals surface area contributed by atoms with Gasteiger partial charge in [-0.15, -0.1) is 0 Å². The van der Waals surface area contributed by atoms with Crippen molar-refractivity contribution in [1.82, 2.24) is 14.4 Å². The first-order valence-corrected chi connectivity index (χ1v) is 6.88. The van der Waals surface area contributed by atoms with Crippen molar-refractivity contribution in [3.63, 3.8) is 0 Å². The van der Waals surface area contributed by atoms with E-state index >= 15 is 0 Å². The molecule has 0 spiro atoms. The second-order valence-electron chi connectivity index (χ2n) is 5.14. The van der Waals surface area contributed by atoms with Gasteiger partial charge in [-0.25, -0.2) is 0 Å². The third-order valence-electron chi connectivity index (χ3n) is 3.92. The van der Waals surface area contributed by atoms with E-state index in [1.54, 1.807) is 0 Å². The highest BCUT2D eigenvalue weighted by atomic mass is 16.2. The molecule has 1 saturated heterocycles. The molecule has 0 N–H and O–H groups in total. The molecule has 2 rings (SSSR count). The Hall–Kier alpha value is -1.55. The van der Waals surface area contributed by atoms with Crippen LogP contribution in [0.25, 0.3) is 0 Å². The lowest BCUT2D eigenvalue weighted by Crippen LogP contribution is -2.48. The Bertz CT molecular complexity index is 436. The van der Waals surface area contributed by atoms with Crippen LogP contribution < -0.4 is 0 Å². The van der Waals surface area contributed by atoms with Gasteiger partial charge in [-0.1, -0.05) is 6.58 Å². The largest absolute Gasteiger partial charge is 0.348 e. The van der Waals surface area contributed by atoms with Crippen LogP contribution in [0.4, 0.5) is 0 Å². The van der Waals surface area contributed by atoms with Crippen LogP contribution in [0.15, 0.2) is 24.8 Å². The molecule has 1 aromatic heterocycles. The lowest BCUT2D eigenvalue weighted by molar-refractivity contribution is -0.127. The summed E-state index contributed by atoms with van der Waals surface area (Å²) in [5, 5.41) is 0. The highest BCUT2D eigenvalue weighted by molar-refractivity contribution is 5.87. The second-order valence-corrected chi connectivity index (χ2v) is 5.14. The number of nitrogens with zero attached hydrogens (tertiary/aromatic N) is 3. The van der Waals surface area contributed by atoms with E-state index in [1.165, 1.54) is 17.5 Å². The van der Waals surface area contributed by atoms with Gasteiger partial charge in [0, 0.05) is 50.7 Å². The van der Waals surface area contributed by atoms with Crippen LogP contribution in [0, 0.1) is 13.8 Å². The minimum absolute atomic E-state index is 0.0525. The van der Waals surface area contributed by atoms with Gasteiger partial charge in [0.1, 0.15) is 0 Å². The number of carbonyl (C=O) groups excluding carboxylic acids is 1.